The molecule has 2 aromatic carbocycles. The molecule has 164 valence electrons. The minimum absolute atomic E-state index is 0. The van der Waals surface area contributed by atoms with Gasteiger partial charge in [0.05, 0.1) is 31.0 Å². The van der Waals surface area contributed by atoms with Crippen molar-refractivity contribution in [2.24, 2.45) is 0 Å². The molecule has 0 aliphatic carbocycles. The lowest BCUT2D eigenvalue weighted by Crippen LogP contribution is -3.00. The van der Waals surface area contributed by atoms with E-state index in [-0.39, 0.29) is 12.4 Å². The predicted octanol–water partition coefficient (Wildman–Crippen LogP) is 1.96. The number of esters is 1. The topological polar surface area (TPSA) is 63.7 Å². The van der Waals surface area contributed by atoms with Crippen LogP contribution in [0.3, 0.4) is 0 Å². The van der Waals surface area contributed by atoms with Gasteiger partial charge in [0, 0.05) is 41.1 Å². The largest absolute Gasteiger partial charge is 1.00 e. The van der Waals surface area contributed by atoms with Crippen LogP contribution in [0.15, 0.2) is 42.6 Å². The third kappa shape index (κ3) is 5.03. The van der Waals surface area contributed by atoms with Crippen molar-refractivity contribution < 1.29 is 26.7 Å². The summed E-state index contributed by atoms with van der Waals surface area (Å²) in [5.74, 6) is -0.419. The van der Waals surface area contributed by atoms with Crippen LogP contribution >= 0.6 is 11.6 Å². The molecule has 1 fully saturated rings. The molecule has 4 rings (SSSR count). The molecule has 6 nitrogen and oxygen atoms in total. The Morgan fingerprint density at radius 2 is 1.94 bits per heavy atom. The summed E-state index contributed by atoms with van der Waals surface area (Å²) in [6, 6.07) is 11.8. The van der Waals surface area contributed by atoms with Crippen molar-refractivity contribution in [3.05, 3.63) is 58.7 Å². The Morgan fingerprint density at radius 1 is 1.23 bits per heavy atom. The lowest BCUT2D eigenvalue weighted by atomic mass is 10.1. The Labute approximate surface area is 192 Å². The number of fused-ring (bicyclic) bond motifs is 1. The molecular formula is C23H24Cl2N3O3-. The monoisotopic (exact) mass is 460 g/mol. The normalized spacial score (nSPS) is 13.6. The van der Waals surface area contributed by atoms with Gasteiger partial charge in [0.25, 0.3) is 0 Å². The number of halogens is 2. The number of nitrogens with one attached hydrogen (secondary N) is 1. The second-order valence-electron chi connectivity index (χ2n) is 7.16. The van der Waals surface area contributed by atoms with Crippen LogP contribution in [0.4, 0.5) is 17.1 Å². The molecule has 1 aromatic heterocycles. The number of rotatable bonds is 5. The Kier molecular flexibility index (Phi) is 7.59. The first-order valence-electron chi connectivity index (χ1n) is 10.0. The number of hydrogen-bond acceptors (Lipinski definition) is 6. The van der Waals surface area contributed by atoms with Crippen molar-refractivity contribution in [1.29, 1.82) is 0 Å². The van der Waals surface area contributed by atoms with Crippen LogP contribution in [0.1, 0.15) is 22.8 Å². The minimum Gasteiger partial charge on any atom is -1.00 e. The summed E-state index contributed by atoms with van der Waals surface area (Å²) in [5, 5.41) is 4.77. The first kappa shape index (κ1) is 23.1. The summed E-state index contributed by atoms with van der Waals surface area (Å²) in [6.45, 7) is 7.27. The molecule has 1 aliphatic rings. The van der Waals surface area contributed by atoms with Gasteiger partial charge >= 0.3 is 5.97 Å². The highest BCUT2D eigenvalue weighted by molar-refractivity contribution is 6.31. The quantitative estimate of drug-likeness (QED) is 0.587. The molecule has 0 atom stereocenters. The van der Waals surface area contributed by atoms with Crippen molar-refractivity contribution >= 4 is 45.5 Å². The van der Waals surface area contributed by atoms with Crippen LogP contribution in [-0.2, 0) is 9.47 Å². The number of carbonyl (C=O) groups is 1. The van der Waals surface area contributed by atoms with E-state index in [0.29, 0.717) is 22.9 Å². The number of benzene rings is 2. The molecule has 2 heterocycles. The average Bonchev–Trinajstić information content (AvgIpc) is 2.75. The van der Waals surface area contributed by atoms with Gasteiger partial charge in [-0.1, -0.05) is 11.6 Å². The van der Waals surface area contributed by atoms with Gasteiger partial charge in [-0.05, 0) is 55.8 Å². The smallest absolute Gasteiger partial charge is 0.341 e. The third-order valence-electron chi connectivity index (χ3n) is 5.13. The molecule has 3 aromatic rings. The molecule has 8 heteroatoms. The maximum atomic E-state index is 12.6. The molecule has 0 amide bonds. The number of aromatic nitrogens is 1. The van der Waals surface area contributed by atoms with Crippen molar-refractivity contribution in [2.75, 3.05) is 43.1 Å². The lowest BCUT2D eigenvalue weighted by Gasteiger charge is -2.29. The van der Waals surface area contributed by atoms with Gasteiger partial charge in [0.1, 0.15) is 5.56 Å². The van der Waals surface area contributed by atoms with Crippen molar-refractivity contribution in [3.8, 4) is 0 Å². The summed E-state index contributed by atoms with van der Waals surface area (Å²) >= 11 is 6.31. The highest BCUT2D eigenvalue weighted by Crippen LogP contribution is 2.33. The predicted molar refractivity (Wildman–Crippen MR) is 120 cm³/mol. The van der Waals surface area contributed by atoms with Gasteiger partial charge in [-0.15, -0.1) is 0 Å². The zero-order valence-corrected chi connectivity index (χ0v) is 19.0. The Balaban J connectivity index is 0.00000272. The molecule has 1 N–H and O–H groups in total. The Bertz CT molecular complexity index is 1070. The van der Waals surface area contributed by atoms with Gasteiger partial charge in [-0.25, -0.2) is 4.79 Å². The van der Waals surface area contributed by atoms with Gasteiger partial charge < -0.3 is 32.1 Å². The molecule has 0 saturated carbocycles. The molecule has 0 unspecified atom stereocenters. The summed E-state index contributed by atoms with van der Waals surface area (Å²) in [4.78, 5) is 19.4. The van der Waals surface area contributed by atoms with E-state index < -0.39 is 5.97 Å². The summed E-state index contributed by atoms with van der Waals surface area (Å²) in [6.07, 6.45) is 1.56. The molecule has 1 saturated heterocycles. The van der Waals surface area contributed by atoms with Crippen molar-refractivity contribution in [1.82, 2.24) is 4.98 Å². The number of pyridine rings is 1. The van der Waals surface area contributed by atoms with E-state index in [1.54, 1.807) is 13.1 Å². The van der Waals surface area contributed by atoms with Crippen molar-refractivity contribution in [2.45, 2.75) is 13.8 Å². The van der Waals surface area contributed by atoms with Crippen LogP contribution in [0.5, 0.6) is 0 Å². The van der Waals surface area contributed by atoms with E-state index in [4.69, 9.17) is 21.1 Å². The Morgan fingerprint density at radius 3 is 2.61 bits per heavy atom. The zero-order valence-electron chi connectivity index (χ0n) is 17.5. The fourth-order valence-corrected chi connectivity index (χ4v) is 3.93. The van der Waals surface area contributed by atoms with Crippen LogP contribution in [-0.4, -0.2) is 43.9 Å². The first-order valence-corrected chi connectivity index (χ1v) is 10.4. The fourth-order valence-electron chi connectivity index (χ4n) is 3.66. The van der Waals surface area contributed by atoms with Crippen LogP contribution in [0.25, 0.3) is 10.9 Å². The van der Waals surface area contributed by atoms with Gasteiger partial charge in [0.15, 0.2) is 0 Å². The molecule has 1 aliphatic heterocycles. The zero-order chi connectivity index (χ0) is 21.1. The average molecular weight is 461 g/mol. The maximum absolute atomic E-state index is 12.6. The van der Waals surface area contributed by atoms with E-state index in [2.05, 4.69) is 27.3 Å². The second kappa shape index (κ2) is 10.2. The number of morpholine rings is 1. The lowest BCUT2D eigenvalue weighted by molar-refractivity contribution is -0.0000249. The first-order chi connectivity index (χ1) is 14.6. The number of aryl methyl sites for hydroxylation is 1. The van der Waals surface area contributed by atoms with Crippen LogP contribution in [0, 0.1) is 6.92 Å². The van der Waals surface area contributed by atoms with Gasteiger partial charge in [-0.3, -0.25) is 4.98 Å². The van der Waals surface area contributed by atoms with Crippen LogP contribution < -0.4 is 22.6 Å². The summed E-state index contributed by atoms with van der Waals surface area (Å²) < 4.78 is 10.7. The number of hydrogen-bond donors (Lipinski definition) is 1. The SMILES string of the molecule is CCOC(=O)c1cnc2c(C)cc(Cl)cc2c1Nc1ccc(N2CCOCC2)cc1.[Cl-]. The molecule has 0 bridgehead atoms. The van der Waals surface area contributed by atoms with E-state index in [0.717, 1.165) is 54.1 Å². The maximum Gasteiger partial charge on any atom is 0.341 e. The summed E-state index contributed by atoms with van der Waals surface area (Å²) in [5.41, 5.74) is 4.76. The number of ether oxygens (including phenoxy) is 2. The fraction of sp³-hybridized carbons (Fsp3) is 0.304. The number of anilines is 3. The van der Waals surface area contributed by atoms with E-state index >= 15 is 0 Å². The highest BCUT2D eigenvalue weighted by atomic mass is 35.5. The molecule has 0 radical (unpaired) electrons. The second-order valence-corrected chi connectivity index (χ2v) is 7.59. The van der Waals surface area contributed by atoms with Crippen LogP contribution in [0.2, 0.25) is 5.02 Å². The van der Waals surface area contributed by atoms with Crippen molar-refractivity contribution in [3.63, 3.8) is 0 Å². The van der Waals surface area contributed by atoms with E-state index in [1.165, 1.54) is 0 Å². The highest BCUT2D eigenvalue weighted by Gasteiger charge is 2.19. The van der Waals surface area contributed by atoms with Gasteiger partial charge in [0.2, 0.25) is 0 Å². The molecular weight excluding hydrogens is 437 g/mol. The number of nitrogens with zero attached hydrogens (tertiary/aromatic N) is 2. The minimum atomic E-state index is -0.419. The van der Waals surface area contributed by atoms with E-state index in [9.17, 15) is 4.79 Å². The van der Waals surface area contributed by atoms with Gasteiger partial charge in [-0.2, -0.15) is 0 Å². The Hall–Kier alpha value is -2.54. The third-order valence-corrected chi connectivity index (χ3v) is 5.35. The summed E-state index contributed by atoms with van der Waals surface area (Å²) in [7, 11) is 0. The number of carbonyl (C=O) groups excluding carboxylic acids is 1. The van der Waals surface area contributed by atoms with E-state index in [1.807, 2.05) is 31.2 Å². The standard InChI is InChI=1S/C23H24ClN3O3.ClH/c1-3-30-23(28)20-14-25-21-15(2)12-16(24)13-19(21)22(20)26-17-4-6-18(7-5-17)27-8-10-29-11-9-27;/h4-7,12-14H,3,8-11H2,1-2H3,(H,25,26);1H/p-1. The molecule has 31 heavy (non-hydrogen) atoms. The molecule has 0 spiro atoms.